The van der Waals surface area contributed by atoms with Crippen LogP contribution in [0.2, 0.25) is 0 Å². The van der Waals surface area contributed by atoms with E-state index in [1.165, 1.54) is 0 Å². The molecule has 0 bridgehead atoms. The molecule has 0 unspecified atom stereocenters. The number of amides is 1. The molecule has 7 nitrogen and oxygen atoms in total. The molecule has 186 valence electrons. The predicted molar refractivity (Wildman–Crippen MR) is 143 cm³/mol. The first kappa shape index (κ1) is 23.9. The quantitative estimate of drug-likeness (QED) is 0.316. The van der Waals surface area contributed by atoms with E-state index in [4.69, 9.17) is 14.2 Å². The van der Waals surface area contributed by atoms with Gasteiger partial charge in [0.1, 0.15) is 23.1 Å². The van der Waals surface area contributed by atoms with E-state index in [1.54, 1.807) is 23.3 Å². The number of anilines is 1. The highest BCUT2D eigenvalue weighted by atomic mass is 32.1. The second-order valence-corrected chi connectivity index (χ2v) is 9.60. The maximum atomic E-state index is 12.1. The third-order valence-corrected chi connectivity index (χ3v) is 7.27. The van der Waals surface area contributed by atoms with E-state index in [9.17, 15) is 4.79 Å². The van der Waals surface area contributed by atoms with Crippen LogP contribution in [-0.4, -0.2) is 55.9 Å². The molecule has 1 amide bonds. The minimum absolute atomic E-state index is 0.232. The highest BCUT2D eigenvalue weighted by Crippen LogP contribution is 2.32. The zero-order valence-corrected chi connectivity index (χ0v) is 21.3. The Hall–Kier alpha value is -3.78. The van der Waals surface area contributed by atoms with Gasteiger partial charge in [0.2, 0.25) is 0 Å². The average Bonchev–Trinajstić information content (AvgIpc) is 3.41. The number of aromatic nitrogens is 1. The fourth-order valence-corrected chi connectivity index (χ4v) is 5.17. The standard InChI is InChI=1S/C28H29N3O4S/c1-3-34-28(32)31-15-13-30(14-16-31)26-6-4-5-20-7-12-23(17-25(20)26)35-19-24-18-29-27(36-24)21-8-10-22(33-2)11-9-21/h4-12,17-18H,3,13-16,19H2,1-2H3. The van der Waals surface area contributed by atoms with Gasteiger partial charge >= 0.3 is 6.09 Å². The maximum absolute atomic E-state index is 12.1. The summed E-state index contributed by atoms with van der Waals surface area (Å²) < 4.78 is 16.6. The van der Waals surface area contributed by atoms with Crippen molar-refractivity contribution in [3.8, 4) is 22.1 Å². The Kier molecular flexibility index (Phi) is 7.23. The zero-order chi connectivity index (χ0) is 24.9. The minimum Gasteiger partial charge on any atom is -0.497 e. The number of thiazole rings is 1. The lowest BCUT2D eigenvalue weighted by Gasteiger charge is -2.36. The monoisotopic (exact) mass is 503 g/mol. The summed E-state index contributed by atoms with van der Waals surface area (Å²) in [4.78, 5) is 21.8. The lowest BCUT2D eigenvalue weighted by atomic mass is 10.1. The number of piperazine rings is 1. The van der Waals surface area contributed by atoms with Gasteiger partial charge in [0.15, 0.2) is 0 Å². The third-order valence-electron chi connectivity index (χ3n) is 6.25. The van der Waals surface area contributed by atoms with Crippen molar-refractivity contribution in [1.82, 2.24) is 9.88 Å². The highest BCUT2D eigenvalue weighted by molar-refractivity contribution is 7.15. The summed E-state index contributed by atoms with van der Waals surface area (Å²) in [6.07, 6.45) is 1.64. The summed E-state index contributed by atoms with van der Waals surface area (Å²) in [5.41, 5.74) is 2.21. The minimum atomic E-state index is -0.232. The predicted octanol–water partition coefficient (Wildman–Crippen LogP) is 5.83. The second kappa shape index (κ2) is 10.9. The van der Waals surface area contributed by atoms with Crippen LogP contribution in [0.15, 0.2) is 66.9 Å². The molecule has 2 heterocycles. The molecule has 0 atom stereocenters. The summed E-state index contributed by atoms with van der Waals surface area (Å²) >= 11 is 1.63. The Bertz CT molecular complexity index is 1330. The third kappa shape index (κ3) is 5.23. The van der Waals surface area contributed by atoms with E-state index >= 15 is 0 Å². The van der Waals surface area contributed by atoms with Gasteiger partial charge in [-0.25, -0.2) is 9.78 Å². The van der Waals surface area contributed by atoms with E-state index in [1.807, 2.05) is 43.5 Å². The van der Waals surface area contributed by atoms with Crippen LogP contribution in [0, 0.1) is 0 Å². The summed E-state index contributed by atoms with van der Waals surface area (Å²) in [6, 6.07) is 20.4. The van der Waals surface area contributed by atoms with Crippen molar-refractivity contribution in [2.24, 2.45) is 0 Å². The average molecular weight is 504 g/mol. The Labute approximate surface area is 214 Å². The van der Waals surface area contributed by atoms with Crippen LogP contribution in [0.3, 0.4) is 0 Å². The van der Waals surface area contributed by atoms with Crippen LogP contribution < -0.4 is 14.4 Å². The molecule has 0 saturated carbocycles. The second-order valence-electron chi connectivity index (χ2n) is 8.48. The summed E-state index contributed by atoms with van der Waals surface area (Å²) in [5, 5.41) is 3.26. The number of hydrogen-bond acceptors (Lipinski definition) is 7. The lowest BCUT2D eigenvalue weighted by molar-refractivity contribution is 0.105. The lowest BCUT2D eigenvalue weighted by Crippen LogP contribution is -2.49. The van der Waals surface area contributed by atoms with Crippen LogP contribution in [0.5, 0.6) is 11.5 Å². The molecule has 4 aromatic rings. The van der Waals surface area contributed by atoms with Crippen LogP contribution in [0.1, 0.15) is 11.8 Å². The van der Waals surface area contributed by atoms with Gasteiger partial charge in [-0.3, -0.25) is 0 Å². The van der Waals surface area contributed by atoms with Gasteiger partial charge in [0.05, 0.1) is 18.6 Å². The van der Waals surface area contributed by atoms with Gasteiger partial charge in [-0.05, 0) is 54.8 Å². The highest BCUT2D eigenvalue weighted by Gasteiger charge is 2.23. The number of hydrogen-bond donors (Lipinski definition) is 0. The molecular formula is C28H29N3O4S. The molecule has 0 spiro atoms. The van der Waals surface area contributed by atoms with Crippen LogP contribution in [-0.2, 0) is 11.3 Å². The largest absolute Gasteiger partial charge is 0.497 e. The number of carbonyl (C=O) groups excluding carboxylic acids is 1. The fraction of sp³-hybridized carbons (Fsp3) is 0.286. The van der Waals surface area contributed by atoms with E-state index in [0.717, 1.165) is 56.5 Å². The van der Waals surface area contributed by atoms with Gasteiger partial charge < -0.3 is 24.0 Å². The number of carbonyl (C=O) groups is 1. The van der Waals surface area contributed by atoms with E-state index in [2.05, 4.69) is 40.2 Å². The number of ether oxygens (including phenoxy) is 3. The molecule has 1 fully saturated rings. The normalized spacial score (nSPS) is 13.6. The molecule has 0 aliphatic carbocycles. The SMILES string of the molecule is CCOC(=O)N1CCN(c2cccc3ccc(OCc4cnc(-c5ccc(OC)cc5)s4)cc23)CC1. The van der Waals surface area contributed by atoms with Gasteiger partial charge in [-0.2, -0.15) is 0 Å². The molecular weight excluding hydrogens is 474 g/mol. The van der Waals surface area contributed by atoms with Gasteiger partial charge in [-0.1, -0.05) is 18.2 Å². The van der Waals surface area contributed by atoms with Crippen molar-refractivity contribution in [2.75, 3.05) is 44.8 Å². The van der Waals surface area contributed by atoms with Crippen molar-refractivity contribution in [3.05, 3.63) is 71.7 Å². The number of methoxy groups -OCH3 is 1. The topological polar surface area (TPSA) is 64.1 Å². The van der Waals surface area contributed by atoms with E-state index in [0.29, 0.717) is 26.3 Å². The molecule has 3 aromatic carbocycles. The van der Waals surface area contributed by atoms with Gasteiger partial charge in [-0.15, -0.1) is 11.3 Å². The maximum Gasteiger partial charge on any atom is 0.409 e. The van der Waals surface area contributed by atoms with Crippen molar-refractivity contribution in [3.63, 3.8) is 0 Å². The first-order valence-corrected chi connectivity index (χ1v) is 12.9. The number of benzene rings is 3. The molecule has 0 N–H and O–H groups in total. The van der Waals surface area contributed by atoms with Gasteiger partial charge in [0, 0.05) is 49.0 Å². The Morgan fingerprint density at radius 1 is 1.00 bits per heavy atom. The zero-order valence-electron chi connectivity index (χ0n) is 20.5. The van der Waals surface area contributed by atoms with Crippen molar-refractivity contribution in [2.45, 2.75) is 13.5 Å². The summed E-state index contributed by atoms with van der Waals surface area (Å²) in [6.45, 7) is 5.50. The van der Waals surface area contributed by atoms with E-state index < -0.39 is 0 Å². The molecule has 1 aromatic heterocycles. The number of fused-ring (bicyclic) bond motifs is 1. The van der Waals surface area contributed by atoms with Crippen molar-refractivity contribution in [1.29, 1.82) is 0 Å². The molecule has 1 saturated heterocycles. The smallest absolute Gasteiger partial charge is 0.409 e. The van der Waals surface area contributed by atoms with Crippen LogP contribution >= 0.6 is 11.3 Å². The first-order valence-electron chi connectivity index (χ1n) is 12.1. The summed E-state index contributed by atoms with van der Waals surface area (Å²) in [5.74, 6) is 1.65. The van der Waals surface area contributed by atoms with Crippen LogP contribution in [0.4, 0.5) is 10.5 Å². The molecule has 36 heavy (non-hydrogen) atoms. The number of rotatable bonds is 7. The number of nitrogens with zero attached hydrogens (tertiary/aromatic N) is 3. The Morgan fingerprint density at radius 3 is 2.53 bits per heavy atom. The van der Waals surface area contributed by atoms with Crippen molar-refractivity contribution < 1.29 is 19.0 Å². The Morgan fingerprint density at radius 2 is 1.78 bits per heavy atom. The molecule has 8 heteroatoms. The fourth-order valence-electron chi connectivity index (χ4n) is 4.34. The summed E-state index contributed by atoms with van der Waals surface area (Å²) in [7, 11) is 1.66. The molecule has 5 rings (SSSR count). The Balaban J connectivity index is 1.27. The van der Waals surface area contributed by atoms with Crippen molar-refractivity contribution >= 4 is 33.9 Å². The molecule has 0 radical (unpaired) electrons. The van der Waals surface area contributed by atoms with Gasteiger partial charge in [0.25, 0.3) is 0 Å². The first-order chi connectivity index (χ1) is 17.6. The van der Waals surface area contributed by atoms with Crippen LogP contribution in [0.25, 0.3) is 21.3 Å². The molecule has 1 aliphatic heterocycles. The molecule has 1 aliphatic rings. The van der Waals surface area contributed by atoms with E-state index in [-0.39, 0.29) is 6.09 Å².